The minimum atomic E-state index is -0.540. The Morgan fingerprint density at radius 2 is 1.37 bits per heavy atom. The molecule has 2 rings (SSSR count). The van der Waals surface area contributed by atoms with E-state index in [4.69, 9.17) is 0 Å². The molecule has 0 saturated carbocycles. The van der Waals surface area contributed by atoms with E-state index in [0.29, 0.717) is 11.1 Å². The predicted octanol–water partition coefficient (Wildman–Crippen LogP) is 2.72. The van der Waals surface area contributed by atoms with Crippen LogP contribution in [0.3, 0.4) is 0 Å². The average Bonchev–Trinajstić information content (AvgIpc) is 2.39. The zero-order valence-corrected chi connectivity index (χ0v) is 10.8. The summed E-state index contributed by atoms with van der Waals surface area (Å²) in [5.74, 6) is -1.08. The van der Waals surface area contributed by atoms with Gasteiger partial charge in [0.25, 0.3) is 0 Å². The SMILES string of the molecule is Cc1ccc(C)c(Cc2ccc(O)c(O)c2O)c1O. The van der Waals surface area contributed by atoms with Crippen LogP contribution in [0.25, 0.3) is 0 Å². The lowest BCUT2D eigenvalue weighted by Crippen LogP contribution is -1.95. The van der Waals surface area contributed by atoms with Gasteiger partial charge in [-0.25, -0.2) is 0 Å². The normalized spacial score (nSPS) is 10.6. The van der Waals surface area contributed by atoms with E-state index in [9.17, 15) is 20.4 Å². The second-order valence-corrected chi connectivity index (χ2v) is 4.64. The summed E-state index contributed by atoms with van der Waals surface area (Å²) in [5, 5.41) is 38.6. The Kier molecular flexibility index (Phi) is 3.25. The van der Waals surface area contributed by atoms with Crippen LogP contribution in [0.4, 0.5) is 0 Å². The van der Waals surface area contributed by atoms with Gasteiger partial charge in [-0.1, -0.05) is 18.2 Å². The Bertz CT molecular complexity index is 633. The summed E-state index contributed by atoms with van der Waals surface area (Å²) in [4.78, 5) is 0. The Morgan fingerprint density at radius 3 is 2.05 bits per heavy atom. The third kappa shape index (κ3) is 2.29. The first kappa shape index (κ1) is 13.1. The molecule has 100 valence electrons. The molecule has 0 spiro atoms. The van der Waals surface area contributed by atoms with E-state index in [0.717, 1.165) is 11.1 Å². The quantitative estimate of drug-likeness (QED) is 0.626. The van der Waals surface area contributed by atoms with Gasteiger partial charge in [0.15, 0.2) is 11.5 Å². The summed E-state index contributed by atoms with van der Waals surface area (Å²) in [5.41, 5.74) is 2.79. The van der Waals surface area contributed by atoms with Crippen molar-refractivity contribution in [1.29, 1.82) is 0 Å². The second kappa shape index (κ2) is 4.72. The number of aryl methyl sites for hydroxylation is 2. The highest BCUT2D eigenvalue weighted by molar-refractivity contribution is 5.56. The lowest BCUT2D eigenvalue weighted by molar-refractivity contribution is 0.365. The number of rotatable bonds is 2. The maximum atomic E-state index is 10.1. The summed E-state index contributed by atoms with van der Waals surface area (Å²) < 4.78 is 0. The van der Waals surface area contributed by atoms with Crippen LogP contribution in [0.5, 0.6) is 23.0 Å². The Hall–Kier alpha value is -2.36. The third-order valence-corrected chi connectivity index (χ3v) is 3.30. The van der Waals surface area contributed by atoms with E-state index in [1.807, 2.05) is 19.1 Å². The summed E-state index contributed by atoms with van der Waals surface area (Å²) in [6.07, 6.45) is 0.277. The molecule has 2 aromatic carbocycles. The third-order valence-electron chi connectivity index (χ3n) is 3.30. The minimum Gasteiger partial charge on any atom is -0.507 e. The number of hydrogen-bond donors (Lipinski definition) is 4. The summed E-state index contributed by atoms with van der Waals surface area (Å²) in [6.45, 7) is 3.66. The molecular formula is C15H16O4. The van der Waals surface area contributed by atoms with E-state index in [1.54, 1.807) is 6.92 Å². The monoisotopic (exact) mass is 260 g/mol. The molecule has 19 heavy (non-hydrogen) atoms. The molecule has 2 aromatic rings. The van der Waals surface area contributed by atoms with Gasteiger partial charge in [0, 0.05) is 17.5 Å². The van der Waals surface area contributed by atoms with Crippen molar-refractivity contribution in [1.82, 2.24) is 0 Å². The highest BCUT2D eigenvalue weighted by Gasteiger charge is 2.15. The Labute approximate surface area is 111 Å². The van der Waals surface area contributed by atoms with Crippen LogP contribution < -0.4 is 0 Å². The van der Waals surface area contributed by atoms with Crippen molar-refractivity contribution in [3.05, 3.63) is 46.5 Å². The van der Waals surface area contributed by atoms with Gasteiger partial charge in [0.2, 0.25) is 5.75 Å². The van der Waals surface area contributed by atoms with E-state index in [2.05, 4.69) is 0 Å². The maximum Gasteiger partial charge on any atom is 0.200 e. The number of phenols is 4. The van der Waals surface area contributed by atoms with Gasteiger partial charge < -0.3 is 20.4 Å². The molecule has 0 saturated heterocycles. The molecule has 0 fully saturated rings. The summed E-state index contributed by atoms with van der Waals surface area (Å²) >= 11 is 0. The van der Waals surface area contributed by atoms with Gasteiger partial charge in [-0.05, 0) is 31.0 Å². The largest absolute Gasteiger partial charge is 0.507 e. The van der Waals surface area contributed by atoms with Crippen molar-refractivity contribution in [2.75, 3.05) is 0 Å². The first-order chi connectivity index (χ1) is 8.91. The van der Waals surface area contributed by atoms with Crippen molar-refractivity contribution in [3.63, 3.8) is 0 Å². The molecule has 4 nitrogen and oxygen atoms in total. The van der Waals surface area contributed by atoms with Crippen molar-refractivity contribution in [2.45, 2.75) is 20.3 Å². The molecule has 4 N–H and O–H groups in total. The maximum absolute atomic E-state index is 10.1. The van der Waals surface area contributed by atoms with Gasteiger partial charge in [0.1, 0.15) is 5.75 Å². The van der Waals surface area contributed by atoms with E-state index in [-0.39, 0.29) is 23.7 Å². The van der Waals surface area contributed by atoms with E-state index >= 15 is 0 Å². The fourth-order valence-electron chi connectivity index (χ4n) is 2.02. The molecule has 0 aliphatic rings. The van der Waals surface area contributed by atoms with Crippen molar-refractivity contribution < 1.29 is 20.4 Å². The smallest absolute Gasteiger partial charge is 0.200 e. The lowest BCUT2D eigenvalue weighted by Gasteiger charge is -2.12. The molecule has 0 atom stereocenters. The molecule has 0 amide bonds. The summed E-state index contributed by atoms with van der Waals surface area (Å²) in [7, 11) is 0. The second-order valence-electron chi connectivity index (χ2n) is 4.64. The predicted molar refractivity (Wildman–Crippen MR) is 71.8 cm³/mol. The van der Waals surface area contributed by atoms with E-state index < -0.39 is 5.75 Å². The fourth-order valence-corrected chi connectivity index (χ4v) is 2.02. The highest BCUT2D eigenvalue weighted by Crippen LogP contribution is 2.39. The standard InChI is InChI=1S/C15H16O4/c1-8-3-4-9(2)13(17)11(8)7-10-5-6-12(16)15(19)14(10)18/h3-6,16-19H,7H2,1-2H3. The Morgan fingerprint density at radius 1 is 0.737 bits per heavy atom. The van der Waals surface area contributed by atoms with Crippen LogP contribution in [-0.2, 0) is 6.42 Å². The van der Waals surface area contributed by atoms with Crippen molar-refractivity contribution in [3.8, 4) is 23.0 Å². The van der Waals surface area contributed by atoms with Gasteiger partial charge in [-0.3, -0.25) is 0 Å². The van der Waals surface area contributed by atoms with Gasteiger partial charge in [-0.2, -0.15) is 0 Å². The first-order valence-electron chi connectivity index (χ1n) is 5.92. The van der Waals surface area contributed by atoms with Crippen molar-refractivity contribution in [2.24, 2.45) is 0 Å². The molecule has 0 heterocycles. The molecule has 4 heteroatoms. The zero-order chi connectivity index (χ0) is 14.2. The van der Waals surface area contributed by atoms with Crippen LogP contribution in [0.1, 0.15) is 22.3 Å². The fraction of sp³-hybridized carbons (Fsp3) is 0.200. The molecule has 0 radical (unpaired) electrons. The average molecular weight is 260 g/mol. The van der Waals surface area contributed by atoms with Crippen LogP contribution in [0.15, 0.2) is 24.3 Å². The molecular weight excluding hydrogens is 244 g/mol. The van der Waals surface area contributed by atoms with Crippen LogP contribution >= 0.6 is 0 Å². The first-order valence-corrected chi connectivity index (χ1v) is 5.92. The van der Waals surface area contributed by atoms with Gasteiger partial charge in [0.05, 0.1) is 0 Å². The van der Waals surface area contributed by atoms with Gasteiger partial charge in [-0.15, -0.1) is 0 Å². The van der Waals surface area contributed by atoms with Crippen LogP contribution in [0.2, 0.25) is 0 Å². The number of hydrogen-bond acceptors (Lipinski definition) is 4. The Balaban J connectivity index is 2.48. The highest BCUT2D eigenvalue weighted by atomic mass is 16.3. The lowest BCUT2D eigenvalue weighted by atomic mass is 9.96. The molecule has 0 aliphatic heterocycles. The number of benzene rings is 2. The summed E-state index contributed by atoms with van der Waals surface area (Å²) in [6, 6.07) is 6.54. The van der Waals surface area contributed by atoms with Crippen LogP contribution in [-0.4, -0.2) is 20.4 Å². The molecule has 0 unspecified atom stereocenters. The number of aromatic hydroxyl groups is 4. The van der Waals surface area contributed by atoms with Gasteiger partial charge >= 0.3 is 0 Å². The van der Waals surface area contributed by atoms with E-state index in [1.165, 1.54) is 12.1 Å². The zero-order valence-electron chi connectivity index (χ0n) is 10.8. The topological polar surface area (TPSA) is 80.9 Å². The minimum absolute atomic E-state index is 0.187. The molecule has 0 aromatic heterocycles. The number of phenolic OH excluding ortho intramolecular Hbond substituents is 4. The molecule has 0 aliphatic carbocycles. The molecule has 0 bridgehead atoms. The van der Waals surface area contributed by atoms with Crippen LogP contribution in [0, 0.1) is 13.8 Å². The van der Waals surface area contributed by atoms with Crippen molar-refractivity contribution >= 4 is 0 Å².